The van der Waals surface area contributed by atoms with Gasteiger partial charge in [-0.2, -0.15) is 0 Å². The molecule has 2 fully saturated rings. The first kappa shape index (κ1) is 21.7. The molecule has 1 unspecified atom stereocenters. The zero-order valence-corrected chi connectivity index (χ0v) is 18.5. The van der Waals surface area contributed by atoms with Gasteiger partial charge in [-0.05, 0) is 62.1 Å². The summed E-state index contributed by atoms with van der Waals surface area (Å²) in [4.78, 5) is 23.5. The average molecular weight is 450 g/mol. The Labute approximate surface area is 192 Å². The zero-order chi connectivity index (χ0) is 22.7. The number of hydrogen-bond acceptors (Lipinski definition) is 5. The molecule has 3 aromatic rings. The third kappa shape index (κ3) is 4.96. The molecule has 0 bridgehead atoms. The molecule has 33 heavy (non-hydrogen) atoms. The number of benzene rings is 1. The molecule has 2 aromatic heterocycles. The molecule has 5 rings (SSSR count). The third-order valence-corrected chi connectivity index (χ3v) is 6.67. The van der Waals surface area contributed by atoms with Crippen LogP contribution in [0.2, 0.25) is 0 Å². The van der Waals surface area contributed by atoms with E-state index in [1.165, 1.54) is 17.8 Å². The molecule has 2 aliphatic heterocycles. The van der Waals surface area contributed by atoms with E-state index < -0.39 is 5.82 Å². The molecule has 1 atom stereocenters. The maximum absolute atomic E-state index is 13.4. The van der Waals surface area contributed by atoms with Gasteiger partial charge in [0, 0.05) is 56.0 Å². The van der Waals surface area contributed by atoms with Gasteiger partial charge in [0.15, 0.2) is 0 Å². The molecule has 7 nitrogen and oxygen atoms in total. The van der Waals surface area contributed by atoms with E-state index in [0.29, 0.717) is 18.1 Å². The molecular formula is C25H28FN5O2. The number of carbonyl (C=O) groups excluding carboxylic acids is 1. The van der Waals surface area contributed by atoms with Gasteiger partial charge in [-0.15, -0.1) is 0 Å². The van der Waals surface area contributed by atoms with Crippen molar-refractivity contribution in [2.45, 2.75) is 43.9 Å². The fourth-order valence-corrected chi connectivity index (χ4v) is 4.85. The Bertz CT molecular complexity index is 1090. The van der Waals surface area contributed by atoms with Gasteiger partial charge in [-0.25, -0.2) is 14.4 Å². The minimum Gasteiger partial charge on any atom is -0.370 e. The molecule has 1 amide bonds. The van der Waals surface area contributed by atoms with Gasteiger partial charge in [0.1, 0.15) is 5.82 Å². The average Bonchev–Trinajstić information content (AvgIpc) is 3.47. The van der Waals surface area contributed by atoms with Crippen LogP contribution in [0.5, 0.6) is 0 Å². The highest BCUT2D eigenvalue weighted by atomic mass is 19.1. The molecule has 2 saturated heterocycles. The highest BCUT2D eigenvalue weighted by molar-refractivity contribution is 5.94. The highest BCUT2D eigenvalue weighted by Crippen LogP contribution is 2.39. The molecule has 172 valence electrons. The summed E-state index contributed by atoms with van der Waals surface area (Å²) in [6.07, 6.45) is 9.40. The Balaban J connectivity index is 1.11. The van der Waals surface area contributed by atoms with Crippen LogP contribution in [-0.4, -0.2) is 56.7 Å². The first-order valence-corrected chi connectivity index (χ1v) is 11.5. The van der Waals surface area contributed by atoms with Crippen molar-refractivity contribution in [1.82, 2.24) is 24.8 Å². The van der Waals surface area contributed by atoms with E-state index in [4.69, 9.17) is 4.74 Å². The number of ether oxygens (including phenoxy) is 1. The van der Waals surface area contributed by atoms with Crippen LogP contribution in [0.15, 0.2) is 61.1 Å². The van der Waals surface area contributed by atoms with Gasteiger partial charge in [-0.1, -0.05) is 6.07 Å². The van der Waals surface area contributed by atoms with Crippen molar-refractivity contribution < 1.29 is 13.9 Å². The normalized spacial score (nSPS) is 20.2. The lowest BCUT2D eigenvalue weighted by molar-refractivity contribution is -0.0766. The van der Waals surface area contributed by atoms with E-state index >= 15 is 0 Å². The lowest BCUT2D eigenvalue weighted by Crippen LogP contribution is -2.45. The van der Waals surface area contributed by atoms with Crippen LogP contribution in [0.25, 0.3) is 5.95 Å². The maximum Gasteiger partial charge on any atom is 0.251 e. The number of nitrogens with one attached hydrogen (secondary N) is 1. The maximum atomic E-state index is 13.4. The summed E-state index contributed by atoms with van der Waals surface area (Å²) >= 11 is 0. The Morgan fingerprint density at radius 2 is 1.94 bits per heavy atom. The number of piperidine rings is 1. The van der Waals surface area contributed by atoms with Gasteiger partial charge in [0.05, 0.1) is 11.7 Å². The fraction of sp³-hybridized carbons (Fsp3) is 0.400. The molecule has 8 heteroatoms. The lowest BCUT2D eigenvalue weighted by atomic mass is 9.88. The SMILES string of the molecule is O=C(NCC1CCC2(CCN(Cc3cccn3-c3ncccn3)CC2)O1)c1cccc(F)c1. The smallest absolute Gasteiger partial charge is 0.251 e. The third-order valence-electron chi connectivity index (χ3n) is 6.67. The number of halogens is 1. The minimum atomic E-state index is -0.408. The highest BCUT2D eigenvalue weighted by Gasteiger charge is 2.42. The predicted molar refractivity (Wildman–Crippen MR) is 121 cm³/mol. The quantitative estimate of drug-likeness (QED) is 0.625. The molecule has 0 aliphatic carbocycles. The Morgan fingerprint density at radius 1 is 1.12 bits per heavy atom. The van der Waals surface area contributed by atoms with Gasteiger partial charge >= 0.3 is 0 Å². The van der Waals surface area contributed by atoms with E-state index in [1.807, 2.05) is 22.9 Å². The Hall–Kier alpha value is -3.10. The molecule has 1 spiro atoms. The van der Waals surface area contributed by atoms with Crippen LogP contribution in [0.1, 0.15) is 41.7 Å². The number of rotatable bonds is 6. The summed E-state index contributed by atoms with van der Waals surface area (Å²) < 4.78 is 21.8. The van der Waals surface area contributed by atoms with Crippen LogP contribution >= 0.6 is 0 Å². The van der Waals surface area contributed by atoms with E-state index in [2.05, 4.69) is 26.3 Å². The second-order valence-corrected chi connectivity index (χ2v) is 8.88. The van der Waals surface area contributed by atoms with Crippen molar-refractivity contribution >= 4 is 5.91 Å². The number of nitrogens with zero attached hydrogens (tertiary/aromatic N) is 4. The van der Waals surface area contributed by atoms with Crippen LogP contribution in [0.4, 0.5) is 4.39 Å². The number of carbonyl (C=O) groups is 1. The van der Waals surface area contributed by atoms with Crippen molar-refractivity contribution in [3.63, 3.8) is 0 Å². The monoisotopic (exact) mass is 449 g/mol. The Morgan fingerprint density at radius 3 is 2.73 bits per heavy atom. The summed E-state index contributed by atoms with van der Waals surface area (Å²) in [5.41, 5.74) is 1.40. The van der Waals surface area contributed by atoms with Gasteiger partial charge in [0.2, 0.25) is 5.95 Å². The van der Waals surface area contributed by atoms with Crippen molar-refractivity contribution in [3.8, 4) is 5.95 Å². The summed E-state index contributed by atoms with van der Waals surface area (Å²) in [5.74, 6) is 0.0153. The molecule has 1 N–H and O–H groups in total. The van der Waals surface area contributed by atoms with Gasteiger partial charge < -0.3 is 10.1 Å². The van der Waals surface area contributed by atoms with E-state index in [-0.39, 0.29) is 17.6 Å². The van der Waals surface area contributed by atoms with Gasteiger partial charge in [0.25, 0.3) is 5.91 Å². The molecule has 0 radical (unpaired) electrons. The van der Waals surface area contributed by atoms with E-state index in [9.17, 15) is 9.18 Å². The summed E-state index contributed by atoms with van der Waals surface area (Å²) in [5, 5.41) is 2.89. The van der Waals surface area contributed by atoms with Crippen molar-refractivity contribution in [1.29, 1.82) is 0 Å². The molecule has 2 aliphatic rings. The largest absolute Gasteiger partial charge is 0.370 e. The van der Waals surface area contributed by atoms with Crippen LogP contribution in [0.3, 0.4) is 0 Å². The van der Waals surface area contributed by atoms with Crippen LogP contribution < -0.4 is 5.32 Å². The number of aromatic nitrogens is 3. The summed E-state index contributed by atoms with van der Waals surface area (Å²) in [6.45, 7) is 3.21. The molecular weight excluding hydrogens is 421 g/mol. The summed E-state index contributed by atoms with van der Waals surface area (Å²) in [7, 11) is 0. The van der Waals surface area contributed by atoms with Crippen molar-refractivity contribution in [2.75, 3.05) is 19.6 Å². The fourth-order valence-electron chi connectivity index (χ4n) is 4.85. The molecule has 1 aromatic carbocycles. The van der Waals surface area contributed by atoms with Crippen molar-refractivity contribution in [2.24, 2.45) is 0 Å². The minimum absolute atomic E-state index is 0.00141. The summed E-state index contributed by atoms with van der Waals surface area (Å²) in [6, 6.07) is 11.7. The molecule has 4 heterocycles. The number of amides is 1. The second-order valence-electron chi connectivity index (χ2n) is 8.88. The Kier molecular flexibility index (Phi) is 6.20. The standard InChI is InChI=1S/C25H28FN5O2/c26-20-5-1-4-19(16-20)23(32)29-17-22-7-8-25(33-22)9-14-30(15-10-25)18-21-6-2-13-31(21)24-27-11-3-12-28-24/h1-6,11-13,16,22H,7-10,14-15,17-18H2,(H,29,32). The zero-order valence-electron chi connectivity index (χ0n) is 18.5. The molecule has 0 saturated carbocycles. The van der Waals surface area contributed by atoms with Crippen LogP contribution in [0, 0.1) is 5.82 Å². The topological polar surface area (TPSA) is 72.3 Å². The van der Waals surface area contributed by atoms with Crippen LogP contribution in [-0.2, 0) is 11.3 Å². The second kappa shape index (κ2) is 9.41. The predicted octanol–water partition coefficient (Wildman–Crippen LogP) is 3.35. The number of likely N-dealkylation sites (tertiary alicyclic amines) is 1. The lowest BCUT2D eigenvalue weighted by Gasteiger charge is -2.39. The van der Waals surface area contributed by atoms with Gasteiger partial charge in [-0.3, -0.25) is 14.3 Å². The first-order chi connectivity index (χ1) is 16.1. The van der Waals surface area contributed by atoms with E-state index in [0.717, 1.165) is 45.3 Å². The van der Waals surface area contributed by atoms with E-state index in [1.54, 1.807) is 24.5 Å². The number of hydrogen-bond donors (Lipinski definition) is 1. The van der Waals surface area contributed by atoms with Crippen molar-refractivity contribution in [3.05, 3.63) is 78.1 Å². The first-order valence-electron chi connectivity index (χ1n) is 11.5.